The summed E-state index contributed by atoms with van der Waals surface area (Å²) in [5.74, 6) is 4.94. The zero-order valence-corrected chi connectivity index (χ0v) is 10.4. The first-order valence-electron chi connectivity index (χ1n) is 5.81. The minimum absolute atomic E-state index is 0.0884. The van der Waals surface area contributed by atoms with Crippen LogP contribution in [0, 0.1) is 11.8 Å². The standard InChI is InChI=1S/C14H12N2O3/c1-9(17)15-7-3-2-4-10-5-6-11-12(8-10)14(19)16-13(11)18/h5-6,8H,3,7H2,1H3,(H,15,17)(H,16,18,19). The van der Waals surface area contributed by atoms with Crippen LogP contribution in [-0.2, 0) is 4.79 Å². The van der Waals surface area contributed by atoms with Gasteiger partial charge in [-0.1, -0.05) is 11.8 Å². The molecule has 1 heterocycles. The van der Waals surface area contributed by atoms with Crippen molar-refractivity contribution in [2.75, 3.05) is 6.54 Å². The summed E-state index contributed by atoms with van der Waals surface area (Å²) in [4.78, 5) is 33.4. The SMILES string of the molecule is CC(=O)NCCC#Cc1ccc2c(c1)C(=O)NC2=O. The molecule has 0 saturated carbocycles. The van der Waals surface area contributed by atoms with E-state index in [1.165, 1.54) is 6.92 Å². The van der Waals surface area contributed by atoms with Gasteiger partial charge in [0.1, 0.15) is 0 Å². The Morgan fingerprint density at radius 2 is 2.00 bits per heavy atom. The minimum Gasteiger partial charge on any atom is -0.355 e. The van der Waals surface area contributed by atoms with Crippen LogP contribution in [-0.4, -0.2) is 24.3 Å². The fourth-order valence-electron chi connectivity index (χ4n) is 1.71. The highest BCUT2D eigenvalue weighted by Gasteiger charge is 2.26. The van der Waals surface area contributed by atoms with Gasteiger partial charge in [-0.3, -0.25) is 19.7 Å². The summed E-state index contributed by atoms with van der Waals surface area (Å²) in [5, 5.41) is 4.86. The Bertz CT molecular complexity index is 623. The lowest BCUT2D eigenvalue weighted by molar-refractivity contribution is -0.118. The van der Waals surface area contributed by atoms with E-state index in [1.54, 1.807) is 18.2 Å². The van der Waals surface area contributed by atoms with E-state index in [0.717, 1.165) is 0 Å². The predicted molar refractivity (Wildman–Crippen MR) is 68.4 cm³/mol. The maximum absolute atomic E-state index is 11.5. The molecule has 0 bridgehead atoms. The van der Waals surface area contributed by atoms with Crippen molar-refractivity contribution in [3.8, 4) is 11.8 Å². The minimum atomic E-state index is -0.387. The van der Waals surface area contributed by atoms with Gasteiger partial charge >= 0.3 is 0 Å². The second-order valence-electron chi connectivity index (χ2n) is 4.08. The lowest BCUT2D eigenvalue weighted by atomic mass is 10.1. The Kier molecular flexibility index (Phi) is 3.62. The molecule has 0 spiro atoms. The molecule has 3 amide bonds. The van der Waals surface area contributed by atoms with E-state index in [0.29, 0.717) is 29.7 Å². The molecule has 1 aromatic rings. The average molecular weight is 256 g/mol. The maximum atomic E-state index is 11.5. The zero-order valence-electron chi connectivity index (χ0n) is 10.4. The smallest absolute Gasteiger partial charge is 0.258 e. The average Bonchev–Trinajstić information content (AvgIpc) is 2.64. The van der Waals surface area contributed by atoms with Gasteiger partial charge in [0.15, 0.2) is 0 Å². The number of carbonyl (C=O) groups excluding carboxylic acids is 3. The largest absolute Gasteiger partial charge is 0.355 e. The van der Waals surface area contributed by atoms with Crippen molar-refractivity contribution in [3.05, 3.63) is 34.9 Å². The zero-order chi connectivity index (χ0) is 13.8. The summed E-state index contributed by atoms with van der Waals surface area (Å²) in [7, 11) is 0. The molecule has 0 radical (unpaired) electrons. The number of imide groups is 1. The number of nitrogens with one attached hydrogen (secondary N) is 2. The monoisotopic (exact) mass is 256 g/mol. The first kappa shape index (κ1) is 12.8. The van der Waals surface area contributed by atoms with Crippen molar-refractivity contribution < 1.29 is 14.4 Å². The lowest BCUT2D eigenvalue weighted by Crippen LogP contribution is -2.20. The molecule has 1 aliphatic heterocycles. The number of amides is 3. The Hall–Kier alpha value is -2.61. The van der Waals surface area contributed by atoms with Crippen LogP contribution >= 0.6 is 0 Å². The Morgan fingerprint density at radius 1 is 1.26 bits per heavy atom. The molecule has 5 nitrogen and oxygen atoms in total. The van der Waals surface area contributed by atoms with Crippen molar-refractivity contribution in [3.63, 3.8) is 0 Å². The fourth-order valence-corrected chi connectivity index (χ4v) is 1.71. The second-order valence-corrected chi connectivity index (χ2v) is 4.08. The van der Waals surface area contributed by atoms with Crippen molar-refractivity contribution in [1.29, 1.82) is 0 Å². The third-order valence-electron chi connectivity index (χ3n) is 2.59. The van der Waals surface area contributed by atoms with Gasteiger partial charge in [0.25, 0.3) is 11.8 Å². The van der Waals surface area contributed by atoms with Crippen LogP contribution in [0.5, 0.6) is 0 Å². The predicted octanol–water partition coefficient (Wildman–Crippen LogP) is 0.448. The molecule has 1 aromatic carbocycles. The molecule has 2 N–H and O–H groups in total. The van der Waals surface area contributed by atoms with Crippen LogP contribution in [0.2, 0.25) is 0 Å². The quantitative estimate of drug-likeness (QED) is 0.458. The van der Waals surface area contributed by atoms with Crippen LogP contribution in [0.15, 0.2) is 18.2 Å². The van der Waals surface area contributed by atoms with Gasteiger partial charge in [0, 0.05) is 25.5 Å². The summed E-state index contributed by atoms with van der Waals surface area (Å²) < 4.78 is 0. The van der Waals surface area contributed by atoms with Crippen molar-refractivity contribution >= 4 is 17.7 Å². The van der Waals surface area contributed by atoms with Gasteiger partial charge in [-0.15, -0.1) is 0 Å². The molecule has 1 aliphatic rings. The van der Waals surface area contributed by atoms with Gasteiger partial charge in [-0.2, -0.15) is 0 Å². The fraction of sp³-hybridized carbons (Fsp3) is 0.214. The maximum Gasteiger partial charge on any atom is 0.258 e. The molecule has 5 heteroatoms. The van der Waals surface area contributed by atoms with E-state index < -0.39 is 0 Å². The van der Waals surface area contributed by atoms with E-state index in [4.69, 9.17) is 0 Å². The molecule has 0 fully saturated rings. The normalized spacial score (nSPS) is 12.3. The van der Waals surface area contributed by atoms with Crippen LogP contribution in [0.4, 0.5) is 0 Å². The van der Waals surface area contributed by atoms with Crippen LogP contribution < -0.4 is 10.6 Å². The summed E-state index contributed by atoms with van der Waals surface area (Å²) in [5.41, 5.74) is 1.42. The first-order valence-corrected chi connectivity index (χ1v) is 5.81. The highest BCUT2D eigenvalue weighted by atomic mass is 16.2. The summed E-state index contributed by atoms with van der Waals surface area (Å²) >= 11 is 0. The van der Waals surface area contributed by atoms with Gasteiger partial charge in [0.05, 0.1) is 11.1 Å². The molecule has 96 valence electrons. The topological polar surface area (TPSA) is 75.3 Å². The molecule has 2 rings (SSSR count). The number of hydrogen-bond donors (Lipinski definition) is 2. The number of hydrogen-bond acceptors (Lipinski definition) is 3. The number of carbonyl (C=O) groups is 3. The summed E-state index contributed by atoms with van der Waals surface area (Å²) in [6.45, 7) is 1.94. The van der Waals surface area contributed by atoms with Crippen LogP contribution in [0.1, 0.15) is 39.6 Å². The van der Waals surface area contributed by atoms with Gasteiger partial charge in [-0.05, 0) is 18.2 Å². The van der Waals surface area contributed by atoms with E-state index in [9.17, 15) is 14.4 Å². The van der Waals surface area contributed by atoms with E-state index >= 15 is 0 Å². The summed E-state index contributed by atoms with van der Waals surface area (Å²) in [6.07, 6.45) is 0.530. The third-order valence-corrected chi connectivity index (χ3v) is 2.59. The molecule has 0 aliphatic carbocycles. The molecule has 0 unspecified atom stereocenters. The van der Waals surface area contributed by atoms with Gasteiger partial charge in [-0.25, -0.2) is 0 Å². The number of fused-ring (bicyclic) bond motifs is 1. The van der Waals surface area contributed by atoms with Crippen molar-refractivity contribution in [2.24, 2.45) is 0 Å². The van der Waals surface area contributed by atoms with E-state index in [2.05, 4.69) is 22.5 Å². The van der Waals surface area contributed by atoms with Crippen molar-refractivity contribution in [2.45, 2.75) is 13.3 Å². The van der Waals surface area contributed by atoms with E-state index in [-0.39, 0.29) is 17.7 Å². The molecule has 0 saturated heterocycles. The molecular formula is C14H12N2O3. The first-order chi connectivity index (χ1) is 9.08. The molecular weight excluding hydrogens is 244 g/mol. The lowest BCUT2D eigenvalue weighted by Gasteiger charge is -1.96. The third kappa shape index (κ3) is 2.99. The van der Waals surface area contributed by atoms with E-state index in [1.807, 2.05) is 0 Å². The molecule has 19 heavy (non-hydrogen) atoms. The number of benzene rings is 1. The van der Waals surface area contributed by atoms with Crippen LogP contribution in [0.25, 0.3) is 0 Å². The molecule has 0 aromatic heterocycles. The van der Waals surface area contributed by atoms with Crippen LogP contribution in [0.3, 0.4) is 0 Å². The highest BCUT2D eigenvalue weighted by molar-refractivity contribution is 6.21. The molecule has 0 atom stereocenters. The van der Waals surface area contributed by atoms with Gasteiger partial charge in [0.2, 0.25) is 5.91 Å². The summed E-state index contributed by atoms with van der Waals surface area (Å²) in [6, 6.07) is 4.89. The Labute approximate surface area is 110 Å². The van der Waals surface area contributed by atoms with Gasteiger partial charge < -0.3 is 5.32 Å². The second kappa shape index (κ2) is 5.36. The number of rotatable bonds is 2. The Morgan fingerprint density at radius 3 is 2.74 bits per heavy atom. The van der Waals surface area contributed by atoms with Crippen molar-refractivity contribution in [1.82, 2.24) is 10.6 Å². The Balaban J connectivity index is 2.05. The highest BCUT2D eigenvalue weighted by Crippen LogP contribution is 2.16.